The molecule has 0 bridgehead atoms. The molecule has 1 aliphatic rings. The highest BCUT2D eigenvalue weighted by atomic mass is 32.2. The molecule has 1 heterocycles. The molecule has 0 saturated carbocycles. The second-order valence-electron chi connectivity index (χ2n) is 4.75. The second-order valence-corrected chi connectivity index (χ2v) is 6.68. The number of carbonyl (C=O) groups is 1. The van der Waals surface area contributed by atoms with Gasteiger partial charge < -0.3 is 10.1 Å². The molecule has 0 unspecified atom stereocenters. The summed E-state index contributed by atoms with van der Waals surface area (Å²) in [5, 5.41) is 2.74. The van der Waals surface area contributed by atoms with Gasteiger partial charge in [0.2, 0.25) is 15.9 Å². The molecule has 110 valence electrons. The van der Waals surface area contributed by atoms with E-state index in [4.69, 9.17) is 4.74 Å². The van der Waals surface area contributed by atoms with Crippen molar-refractivity contribution in [3.63, 3.8) is 0 Å². The number of nitrogens with one attached hydrogen (secondary N) is 1. The van der Waals surface area contributed by atoms with Crippen LogP contribution in [0.4, 0.5) is 5.69 Å². The van der Waals surface area contributed by atoms with Crippen LogP contribution in [0.25, 0.3) is 0 Å². The van der Waals surface area contributed by atoms with Gasteiger partial charge >= 0.3 is 0 Å². The van der Waals surface area contributed by atoms with E-state index in [1.54, 1.807) is 31.4 Å². The van der Waals surface area contributed by atoms with Crippen LogP contribution in [0.5, 0.6) is 5.75 Å². The number of hydrogen-bond donors (Lipinski definition) is 1. The molecule has 1 amide bonds. The summed E-state index contributed by atoms with van der Waals surface area (Å²) in [5.74, 6) is 0.403. The summed E-state index contributed by atoms with van der Waals surface area (Å²) in [4.78, 5) is 12.2. The Bertz CT molecular complexity index is 583. The van der Waals surface area contributed by atoms with E-state index in [9.17, 15) is 13.2 Å². The van der Waals surface area contributed by atoms with Crippen LogP contribution >= 0.6 is 0 Å². The average molecular weight is 298 g/mol. The number of amides is 1. The maximum Gasteiger partial charge on any atom is 0.242 e. The maximum atomic E-state index is 12.2. The van der Waals surface area contributed by atoms with Crippen molar-refractivity contribution < 1.29 is 17.9 Å². The summed E-state index contributed by atoms with van der Waals surface area (Å²) in [5.41, 5.74) is 0.621. The Morgan fingerprint density at radius 2 is 2.00 bits per heavy atom. The van der Waals surface area contributed by atoms with E-state index in [1.165, 1.54) is 4.31 Å². The van der Waals surface area contributed by atoms with Crippen molar-refractivity contribution in [2.45, 2.75) is 18.9 Å². The zero-order valence-electron chi connectivity index (χ0n) is 11.5. The summed E-state index contributed by atoms with van der Waals surface area (Å²) in [6.07, 6.45) is 2.38. The topological polar surface area (TPSA) is 75.7 Å². The van der Waals surface area contributed by atoms with Crippen LogP contribution < -0.4 is 10.1 Å². The first kappa shape index (κ1) is 14.8. The summed E-state index contributed by atoms with van der Waals surface area (Å²) in [6, 6.07) is 6.29. The Kier molecular flexibility index (Phi) is 4.29. The van der Waals surface area contributed by atoms with E-state index in [-0.39, 0.29) is 5.91 Å². The number of hydrogen-bond acceptors (Lipinski definition) is 4. The highest BCUT2D eigenvalue weighted by Gasteiger charge is 2.36. The van der Waals surface area contributed by atoms with Gasteiger partial charge in [-0.2, -0.15) is 4.31 Å². The lowest BCUT2D eigenvalue weighted by molar-refractivity contribution is -0.119. The third kappa shape index (κ3) is 3.29. The molecule has 0 aliphatic carbocycles. The van der Waals surface area contributed by atoms with E-state index >= 15 is 0 Å². The molecular weight excluding hydrogens is 280 g/mol. The van der Waals surface area contributed by atoms with Crippen LogP contribution in [0, 0.1) is 0 Å². The Labute approximate surface area is 118 Å². The molecule has 0 aromatic heterocycles. The first-order valence-electron chi connectivity index (χ1n) is 6.33. The highest BCUT2D eigenvalue weighted by molar-refractivity contribution is 7.88. The number of rotatable bonds is 4. The molecule has 1 aliphatic heterocycles. The van der Waals surface area contributed by atoms with E-state index in [0.717, 1.165) is 6.26 Å². The molecule has 1 aromatic rings. The molecule has 0 radical (unpaired) electrons. The third-order valence-electron chi connectivity index (χ3n) is 3.29. The van der Waals surface area contributed by atoms with Crippen molar-refractivity contribution in [2.24, 2.45) is 0 Å². The van der Waals surface area contributed by atoms with Crippen LogP contribution in [-0.4, -0.2) is 44.6 Å². The van der Waals surface area contributed by atoms with Crippen molar-refractivity contribution >= 4 is 21.6 Å². The normalized spacial score (nSPS) is 19.8. The maximum absolute atomic E-state index is 12.2. The fourth-order valence-electron chi connectivity index (χ4n) is 2.30. The molecular formula is C13H18N2O4S. The van der Waals surface area contributed by atoms with Gasteiger partial charge in [-0.3, -0.25) is 4.79 Å². The minimum absolute atomic E-state index is 0.293. The zero-order valence-corrected chi connectivity index (χ0v) is 12.3. The molecule has 7 heteroatoms. The number of benzene rings is 1. The standard InChI is InChI=1S/C13H18N2O4S/c1-19-11-7-5-10(6-8-11)14-13(16)12-4-3-9-15(12)20(2,17)18/h5-8,12H,3-4,9H2,1-2H3,(H,14,16)/t12-/m1/s1. The molecule has 2 rings (SSSR count). The zero-order chi connectivity index (χ0) is 14.8. The summed E-state index contributed by atoms with van der Waals surface area (Å²) in [7, 11) is -1.78. The number of sulfonamides is 1. The average Bonchev–Trinajstić information content (AvgIpc) is 2.89. The summed E-state index contributed by atoms with van der Waals surface area (Å²) >= 11 is 0. The predicted octanol–water partition coefficient (Wildman–Crippen LogP) is 1.06. The number of nitrogens with zero attached hydrogens (tertiary/aromatic N) is 1. The van der Waals surface area contributed by atoms with Gasteiger partial charge in [-0.05, 0) is 37.1 Å². The van der Waals surface area contributed by atoms with E-state index in [0.29, 0.717) is 30.8 Å². The van der Waals surface area contributed by atoms with Crippen molar-refractivity contribution in [3.05, 3.63) is 24.3 Å². The molecule has 0 spiro atoms. The lowest BCUT2D eigenvalue weighted by atomic mass is 10.2. The van der Waals surface area contributed by atoms with E-state index in [2.05, 4.69) is 5.32 Å². The van der Waals surface area contributed by atoms with Crippen LogP contribution in [0.15, 0.2) is 24.3 Å². The first-order chi connectivity index (χ1) is 9.41. The van der Waals surface area contributed by atoms with Crippen LogP contribution in [-0.2, 0) is 14.8 Å². The number of carbonyl (C=O) groups excluding carboxylic acids is 1. The van der Waals surface area contributed by atoms with Crippen molar-refractivity contribution in [1.29, 1.82) is 0 Å². The van der Waals surface area contributed by atoms with Gasteiger partial charge in [-0.15, -0.1) is 0 Å². The molecule has 6 nitrogen and oxygen atoms in total. The first-order valence-corrected chi connectivity index (χ1v) is 8.18. The van der Waals surface area contributed by atoms with Gasteiger partial charge in [0.05, 0.1) is 13.4 Å². The Balaban J connectivity index is 2.07. The Morgan fingerprint density at radius 3 is 2.55 bits per heavy atom. The largest absolute Gasteiger partial charge is 0.497 e. The van der Waals surface area contributed by atoms with Crippen molar-refractivity contribution in [1.82, 2.24) is 4.31 Å². The Hall–Kier alpha value is -1.60. The summed E-state index contributed by atoms with van der Waals surface area (Å²) < 4.78 is 29.5. The highest BCUT2D eigenvalue weighted by Crippen LogP contribution is 2.22. The van der Waals surface area contributed by atoms with Gasteiger partial charge in [-0.25, -0.2) is 8.42 Å². The quantitative estimate of drug-likeness (QED) is 0.902. The molecule has 1 fully saturated rings. The number of anilines is 1. The van der Waals surface area contributed by atoms with Gasteiger partial charge in [0.1, 0.15) is 11.8 Å². The van der Waals surface area contributed by atoms with Crippen LogP contribution in [0.3, 0.4) is 0 Å². The van der Waals surface area contributed by atoms with Gasteiger partial charge in [-0.1, -0.05) is 0 Å². The van der Waals surface area contributed by atoms with Crippen molar-refractivity contribution in [3.8, 4) is 5.75 Å². The van der Waals surface area contributed by atoms with Gasteiger partial charge in [0.15, 0.2) is 0 Å². The van der Waals surface area contributed by atoms with Crippen LogP contribution in [0.1, 0.15) is 12.8 Å². The minimum Gasteiger partial charge on any atom is -0.497 e. The third-order valence-corrected chi connectivity index (χ3v) is 4.58. The van der Waals surface area contributed by atoms with Crippen LogP contribution in [0.2, 0.25) is 0 Å². The monoisotopic (exact) mass is 298 g/mol. The SMILES string of the molecule is COc1ccc(NC(=O)[C@H]2CCCN2S(C)(=O)=O)cc1. The van der Waals surface area contributed by atoms with E-state index < -0.39 is 16.1 Å². The predicted molar refractivity (Wildman–Crippen MR) is 76.2 cm³/mol. The van der Waals surface area contributed by atoms with Crippen molar-refractivity contribution in [2.75, 3.05) is 25.2 Å². The minimum atomic E-state index is -3.35. The molecule has 1 N–H and O–H groups in total. The number of ether oxygens (including phenoxy) is 1. The van der Waals surface area contributed by atoms with Gasteiger partial charge in [0, 0.05) is 12.2 Å². The molecule has 1 saturated heterocycles. The fourth-order valence-corrected chi connectivity index (χ4v) is 3.42. The summed E-state index contributed by atoms with van der Waals surface area (Å²) in [6.45, 7) is 0.402. The smallest absolute Gasteiger partial charge is 0.242 e. The van der Waals surface area contributed by atoms with E-state index in [1.807, 2.05) is 0 Å². The number of methoxy groups -OCH3 is 1. The lowest BCUT2D eigenvalue weighted by Crippen LogP contribution is -2.42. The lowest BCUT2D eigenvalue weighted by Gasteiger charge is -2.21. The molecule has 1 atom stereocenters. The molecule has 1 aromatic carbocycles. The molecule has 20 heavy (non-hydrogen) atoms. The second kappa shape index (κ2) is 5.80. The fraction of sp³-hybridized carbons (Fsp3) is 0.462. The Morgan fingerprint density at radius 1 is 1.35 bits per heavy atom. The van der Waals surface area contributed by atoms with Gasteiger partial charge in [0.25, 0.3) is 0 Å².